The number of carbonyl (C=O) groups excluding carboxylic acids is 1. The Bertz CT molecular complexity index is 479. The number of amides is 1. The van der Waals surface area contributed by atoms with Crippen LogP contribution < -0.4 is 9.47 Å². The Kier molecular flexibility index (Phi) is 7.32. The minimum Gasteiger partial charge on any atom is -0.493 e. The lowest BCUT2D eigenvalue weighted by atomic mass is 10.1. The number of hydrogen-bond acceptors (Lipinski definition) is 4. The molecule has 0 fully saturated rings. The van der Waals surface area contributed by atoms with Gasteiger partial charge in [0.1, 0.15) is 0 Å². The van der Waals surface area contributed by atoms with E-state index in [0.717, 1.165) is 19.3 Å². The van der Waals surface area contributed by atoms with Crippen LogP contribution in [0, 0.1) is 0 Å². The molecule has 21 heavy (non-hydrogen) atoms. The van der Waals surface area contributed by atoms with Crippen molar-refractivity contribution in [3.8, 4) is 11.5 Å². The van der Waals surface area contributed by atoms with Crippen molar-refractivity contribution in [1.82, 2.24) is 4.90 Å². The summed E-state index contributed by atoms with van der Waals surface area (Å²) in [5, 5.41) is 9.08. The Morgan fingerprint density at radius 1 is 1.24 bits per heavy atom. The van der Waals surface area contributed by atoms with E-state index in [2.05, 4.69) is 0 Å². The molecular weight excluding hydrogens is 294 g/mol. The van der Waals surface area contributed by atoms with E-state index in [0.29, 0.717) is 28.6 Å². The third-order valence-corrected chi connectivity index (χ3v) is 3.46. The Morgan fingerprint density at radius 2 is 1.95 bits per heavy atom. The number of methoxy groups -OCH3 is 2. The molecule has 1 aromatic rings. The van der Waals surface area contributed by atoms with Gasteiger partial charge in [0.15, 0.2) is 11.5 Å². The second-order valence-corrected chi connectivity index (χ2v) is 5.11. The molecular formula is C15H22ClNO4. The molecule has 1 amide bonds. The predicted molar refractivity (Wildman–Crippen MR) is 82.5 cm³/mol. The summed E-state index contributed by atoms with van der Waals surface area (Å²) in [5.41, 5.74) is 0.460. The maximum absolute atomic E-state index is 12.3. The van der Waals surface area contributed by atoms with Crippen molar-refractivity contribution in [2.45, 2.75) is 19.3 Å². The minimum atomic E-state index is -0.123. The van der Waals surface area contributed by atoms with Crippen molar-refractivity contribution in [2.75, 3.05) is 34.4 Å². The molecule has 0 spiro atoms. The fourth-order valence-electron chi connectivity index (χ4n) is 2.00. The second-order valence-electron chi connectivity index (χ2n) is 4.70. The highest BCUT2D eigenvalue weighted by Gasteiger charge is 2.17. The average molecular weight is 316 g/mol. The first-order valence-corrected chi connectivity index (χ1v) is 7.20. The van der Waals surface area contributed by atoms with Crippen molar-refractivity contribution in [3.63, 3.8) is 0 Å². The smallest absolute Gasteiger partial charge is 0.253 e. The van der Waals surface area contributed by atoms with Crippen LogP contribution >= 0.6 is 11.6 Å². The summed E-state index contributed by atoms with van der Waals surface area (Å²) >= 11 is 6.10. The van der Waals surface area contributed by atoms with Crippen LogP contribution in [0.2, 0.25) is 5.02 Å². The van der Waals surface area contributed by atoms with E-state index in [1.165, 1.54) is 14.2 Å². The molecule has 1 aromatic carbocycles. The van der Waals surface area contributed by atoms with E-state index in [9.17, 15) is 4.79 Å². The summed E-state index contributed by atoms with van der Waals surface area (Å²) in [6.45, 7) is 0.813. The quantitative estimate of drug-likeness (QED) is 0.749. The van der Waals surface area contributed by atoms with Gasteiger partial charge < -0.3 is 19.5 Å². The first kappa shape index (κ1) is 17.6. The van der Waals surface area contributed by atoms with Crippen LogP contribution in [-0.4, -0.2) is 50.3 Å². The molecule has 0 atom stereocenters. The van der Waals surface area contributed by atoms with Crippen LogP contribution in [0.5, 0.6) is 11.5 Å². The van der Waals surface area contributed by atoms with Crippen molar-refractivity contribution in [2.24, 2.45) is 0 Å². The summed E-state index contributed by atoms with van der Waals surface area (Å²) in [4.78, 5) is 14.0. The van der Waals surface area contributed by atoms with Gasteiger partial charge in [0.25, 0.3) is 5.91 Å². The summed E-state index contributed by atoms with van der Waals surface area (Å²) in [7, 11) is 4.74. The van der Waals surface area contributed by atoms with Gasteiger partial charge >= 0.3 is 0 Å². The lowest BCUT2D eigenvalue weighted by Crippen LogP contribution is -2.27. The van der Waals surface area contributed by atoms with E-state index in [1.54, 1.807) is 24.1 Å². The normalized spacial score (nSPS) is 10.3. The number of ether oxygens (including phenoxy) is 2. The molecule has 5 nitrogen and oxygen atoms in total. The van der Waals surface area contributed by atoms with Crippen LogP contribution in [0.15, 0.2) is 12.1 Å². The predicted octanol–water partition coefficient (Wildman–Crippen LogP) is 2.59. The molecule has 0 unspecified atom stereocenters. The minimum absolute atomic E-state index is 0.123. The fourth-order valence-corrected chi connectivity index (χ4v) is 2.29. The molecule has 1 N–H and O–H groups in total. The van der Waals surface area contributed by atoms with Crippen molar-refractivity contribution >= 4 is 17.5 Å². The second kappa shape index (κ2) is 8.74. The number of rotatable bonds is 8. The number of aliphatic hydroxyl groups excluding tert-OH is 1. The lowest BCUT2D eigenvalue weighted by molar-refractivity contribution is 0.0791. The molecule has 0 bridgehead atoms. The maximum Gasteiger partial charge on any atom is 0.253 e. The van der Waals surface area contributed by atoms with Crippen LogP contribution in [0.3, 0.4) is 0 Å². The summed E-state index contributed by atoms with van der Waals surface area (Å²) < 4.78 is 10.3. The highest BCUT2D eigenvalue weighted by atomic mass is 35.5. The Labute approximate surface area is 130 Å². The molecule has 0 saturated heterocycles. The zero-order chi connectivity index (χ0) is 15.8. The third-order valence-electron chi connectivity index (χ3n) is 3.18. The number of hydrogen-bond donors (Lipinski definition) is 1. The first-order chi connectivity index (χ1) is 10.0. The highest BCUT2D eigenvalue weighted by Crippen LogP contribution is 2.36. The topological polar surface area (TPSA) is 59.0 Å². The van der Waals surface area contributed by atoms with Gasteiger partial charge in [-0.05, 0) is 31.4 Å². The monoisotopic (exact) mass is 315 g/mol. The zero-order valence-corrected chi connectivity index (χ0v) is 13.4. The molecule has 0 radical (unpaired) electrons. The fraction of sp³-hybridized carbons (Fsp3) is 0.533. The number of carbonyl (C=O) groups is 1. The standard InChI is InChI=1S/C15H22ClNO4/c1-17(7-5-4-6-8-18)15(19)11-9-12(16)14(21-3)13(10-11)20-2/h9-10,18H,4-8H2,1-3H3. The van der Waals surface area contributed by atoms with E-state index in [1.807, 2.05) is 0 Å². The molecule has 1 rings (SSSR count). The van der Waals surface area contributed by atoms with Crippen LogP contribution in [0.4, 0.5) is 0 Å². The van der Waals surface area contributed by atoms with Gasteiger partial charge in [0.05, 0.1) is 19.2 Å². The Balaban J connectivity index is 2.80. The molecule has 0 heterocycles. The highest BCUT2D eigenvalue weighted by molar-refractivity contribution is 6.32. The van der Waals surface area contributed by atoms with Crippen LogP contribution in [-0.2, 0) is 0 Å². The van der Waals surface area contributed by atoms with Gasteiger partial charge in [0.2, 0.25) is 0 Å². The Hall–Kier alpha value is -1.46. The molecule has 6 heteroatoms. The summed E-state index contributed by atoms with van der Waals surface area (Å²) in [6, 6.07) is 3.20. The van der Waals surface area contributed by atoms with Crippen molar-refractivity contribution < 1.29 is 19.4 Å². The van der Waals surface area contributed by atoms with E-state index < -0.39 is 0 Å². The largest absolute Gasteiger partial charge is 0.493 e. The van der Waals surface area contributed by atoms with Gasteiger partial charge in [-0.15, -0.1) is 0 Å². The Morgan fingerprint density at radius 3 is 2.52 bits per heavy atom. The van der Waals surface area contributed by atoms with E-state index >= 15 is 0 Å². The number of nitrogens with zero attached hydrogens (tertiary/aromatic N) is 1. The number of aliphatic hydroxyl groups is 1. The molecule has 0 saturated carbocycles. The third kappa shape index (κ3) is 4.79. The van der Waals surface area contributed by atoms with Crippen molar-refractivity contribution in [1.29, 1.82) is 0 Å². The molecule has 0 aliphatic heterocycles. The number of unbranched alkanes of at least 4 members (excludes halogenated alkanes) is 2. The maximum atomic E-state index is 12.3. The SMILES string of the molecule is COc1cc(C(=O)N(C)CCCCCO)cc(Cl)c1OC. The van der Waals surface area contributed by atoms with Gasteiger partial charge in [-0.3, -0.25) is 4.79 Å². The lowest BCUT2D eigenvalue weighted by Gasteiger charge is -2.18. The molecule has 0 aromatic heterocycles. The van der Waals surface area contributed by atoms with E-state index in [-0.39, 0.29) is 12.5 Å². The van der Waals surface area contributed by atoms with E-state index in [4.69, 9.17) is 26.2 Å². The summed E-state index contributed by atoms with van der Waals surface area (Å²) in [6.07, 6.45) is 2.49. The number of benzene rings is 1. The van der Waals surface area contributed by atoms with Crippen LogP contribution in [0.25, 0.3) is 0 Å². The molecule has 0 aliphatic rings. The molecule has 118 valence electrons. The van der Waals surface area contributed by atoms with Gasteiger partial charge in [-0.25, -0.2) is 0 Å². The van der Waals surface area contributed by atoms with Crippen molar-refractivity contribution in [3.05, 3.63) is 22.7 Å². The van der Waals surface area contributed by atoms with Gasteiger partial charge in [0, 0.05) is 25.8 Å². The van der Waals surface area contributed by atoms with Crippen LogP contribution in [0.1, 0.15) is 29.6 Å². The number of halogens is 1. The zero-order valence-electron chi connectivity index (χ0n) is 12.7. The average Bonchev–Trinajstić information content (AvgIpc) is 2.49. The first-order valence-electron chi connectivity index (χ1n) is 6.83. The summed E-state index contributed by atoms with van der Waals surface area (Å²) in [5.74, 6) is 0.727. The van der Waals surface area contributed by atoms with Gasteiger partial charge in [-0.2, -0.15) is 0 Å². The van der Waals surface area contributed by atoms with Gasteiger partial charge in [-0.1, -0.05) is 11.6 Å². The molecule has 0 aliphatic carbocycles.